The number of allylic oxidation sites excluding steroid dienone is 4. The zero-order valence-electron chi connectivity index (χ0n) is 60.7. The lowest BCUT2D eigenvalue weighted by Gasteiger charge is -2.22. The van der Waals surface area contributed by atoms with E-state index in [1.54, 1.807) is 0 Å². The maximum atomic E-state index is 12.6. The summed E-state index contributed by atoms with van der Waals surface area (Å²) < 4.78 is 5.49. The minimum Gasteiger partial charge on any atom is -0.466 e. The van der Waals surface area contributed by atoms with Gasteiger partial charge in [0.25, 0.3) is 0 Å². The van der Waals surface area contributed by atoms with E-state index in [0.29, 0.717) is 25.9 Å². The van der Waals surface area contributed by atoms with E-state index in [1.165, 1.54) is 392 Å². The molecule has 0 radical (unpaired) electrons. The van der Waals surface area contributed by atoms with Crippen molar-refractivity contribution in [2.24, 2.45) is 0 Å². The van der Waals surface area contributed by atoms with Crippen LogP contribution in [0.5, 0.6) is 0 Å². The molecule has 0 saturated heterocycles. The summed E-state index contributed by atoms with van der Waals surface area (Å²) in [5.74, 6) is -0.0122. The van der Waals surface area contributed by atoms with Gasteiger partial charge >= 0.3 is 5.97 Å². The van der Waals surface area contributed by atoms with Gasteiger partial charge in [0.2, 0.25) is 5.91 Å². The van der Waals surface area contributed by atoms with Gasteiger partial charge in [-0.1, -0.05) is 404 Å². The van der Waals surface area contributed by atoms with E-state index in [-0.39, 0.29) is 18.5 Å². The second kappa shape index (κ2) is 78.8. The van der Waals surface area contributed by atoms with Crippen LogP contribution in [-0.2, 0) is 14.3 Å². The number of esters is 1. The van der Waals surface area contributed by atoms with Crippen molar-refractivity contribution < 1.29 is 24.5 Å². The Morgan fingerprint density at radius 1 is 0.303 bits per heavy atom. The fourth-order valence-corrected chi connectivity index (χ4v) is 13.2. The molecule has 0 saturated carbocycles. The number of hydrogen-bond donors (Lipinski definition) is 3. The van der Waals surface area contributed by atoms with Gasteiger partial charge in [-0.2, -0.15) is 0 Å². The van der Waals surface area contributed by atoms with Crippen molar-refractivity contribution in [2.45, 2.75) is 482 Å². The molecule has 1 amide bonds. The summed E-state index contributed by atoms with van der Waals surface area (Å²) in [6.45, 7) is 4.99. The fourth-order valence-electron chi connectivity index (χ4n) is 13.2. The van der Waals surface area contributed by atoms with Gasteiger partial charge in [0.1, 0.15) is 0 Å². The number of rotatable bonds is 78. The lowest BCUT2D eigenvalue weighted by molar-refractivity contribution is -0.143. The van der Waals surface area contributed by atoms with E-state index in [1.807, 2.05) is 0 Å². The lowest BCUT2D eigenvalue weighted by atomic mass is 10.0. The molecule has 0 aromatic carbocycles. The van der Waals surface area contributed by atoms with E-state index in [4.69, 9.17) is 4.74 Å². The molecule has 89 heavy (non-hydrogen) atoms. The highest BCUT2D eigenvalue weighted by atomic mass is 16.5. The van der Waals surface area contributed by atoms with Crippen molar-refractivity contribution in [1.82, 2.24) is 5.32 Å². The van der Waals surface area contributed by atoms with Crippen LogP contribution < -0.4 is 5.32 Å². The van der Waals surface area contributed by atoms with Crippen molar-refractivity contribution in [3.05, 3.63) is 24.3 Å². The Balaban J connectivity index is 3.33. The Labute approximate surface area is 558 Å². The third-order valence-electron chi connectivity index (χ3n) is 19.5. The Morgan fingerprint density at radius 3 is 0.809 bits per heavy atom. The smallest absolute Gasteiger partial charge is 0.305 e. The van der Waals surface area contributed by atoms with Gasteiger partial charge in [0.15, 0.2) is 0 Å². The molecular formula is C83H161NO5. The summed E-state index contributed by atoms with van der Waals surface area (Å²) in [5, 5.41) is 23.5. The van der Waals surface area contributed by atoms with Crippen LogP contribution in [0.2, 0.25) is 0 Å². The van der Waals surface area contributed by atoms with Crippen LogP contribution in [0.25, 0.3) is 0 Å². The van der Waals surface area contributed by atoms with Gasteiger partial charge < -0.3 is 20.3 Å². The second-order valence-electron chi connectivity index (χ2n) is 28.5. The highest BCUT2D eigenvalue weighted by Gasteiger charge is 2.20. The van der Waals surface area contributed by atoms with Crippen LogP contribution >= 0.6 is 0 Å². The molecule has 0 rings (SSSR count). The van der Waals surface area contributed by atoms with Crippen LogP contribution in [0.1, 0.15) is 470 Å². The quantitative estimate of drug-likeness (QED) is 0.0320. The van der Waals surface area contributed by atoms with E-state index in [9.17, 15) is 19.8 Å². The van der Waals surface area contributed by atoms with Gasteiger partial charge in [-0.15, -0.1) is 0 Å². The number of carbonyl (C=O) groups excluding carboxylic acids is 2. The number of unbranched alkanes of at least 4 members (excludes halogenated alkanes) is 63. The number of hydrogen-bond acceptors (Lipinski definition) is 5. The van der Waals surface area contributed by atoms with E-state index in [0.717, 1.165) is 44.9 Å². The SMILES string of the molecule is CCCCCC/C=C\CCCCCCCC(=O)OCCCCCCCCCCCCCCCCCC/C=C\CCCCCCCCCCCCCCCCCCCC(=O)NC(CO)C(O)CCCCCCCCCCCCCCCCCCCCCCCC. The number of aliphatic hydroxyl groups is 2. The zero-order valence-corrected chi connectivity index (χ0v) is 60.7. The number of carbonyl (C=O) groups is 2. The van der Waals surface area contributed by atoms with Gasteiger partial charge in [-0.3, -0.25) is 9.59 Å². The first kappa shape index (κ1) is 87.3. The topological polar surface area (TPSA) is 95.9 Å². The van der Waals surface area contributed by atoms with E-state index >= 15 is 0 Å². The largest absolute Gasteiger partial charge is 0.466 e. The Kier molecular flexibility index (Phi) is 77.3. The van der Waals surface area contributed by atoms with Crippen molar-refractivity contribution in [1.29, 1.82) is 0 Å². The minimum absolute atomic E-state index is 0.0131. The summed E-state index contributed by atoms with van der Waals surface area (Å²) in [5.41, 5.74) is 0. The van der Waals surface area contributed by atoms with Crippen LogP contribution in [0, 0.1) is 0 Å². The number of ether oxygens (including phenoxy) is 1. The highest BCUT2D eigenvalue weighted by Crippen LogP contribution is 2.20. The Bertz CT molecular complexity index is 1400. The molecule has 0 aliphatic carbocycles. The average molecular weight is 1250 g/mol. The van der Waals surface area contributed by atoms with Gasteiger partial charge in [0.05, 0.1) is 25.4 Å². The standard InChI is InChI=1S/C83H161NO5/c1-3-5-7-9-11-13-15-17-18-19-20-21-39-42-45-48-52-55-59-63-67-71-75-81(86)80(79-85)84-82(87)76-72-68-64-60-56-53-49-46-43-40-37-35-33-31-29-27-25-23-22-24-26-28-30-32-34-36-38-41-44-47-50-54-58-62-66-70-74-78-89-83(88)77-73-69-65-61-57-51-16-14-12-10-8-6-4-2/h14,16,22,24,80-81,85-86H,3-13,15,17-21,23,25-79H2,1-2H3,(H,84,87)/b16-14-,24-22-. The molecule has 0 spiro atoms. The van der Waals surface area contributed by atoms with Crippen LogP contribution in [0.15, 0.2) is 24.3 Å². The van der Waals surface area contributed by atoms with Crippen molar-refractivity contribution >= 4 is 11.9 Å². The number of nitrogens with one attached hydrogen (secondary N) is 1. The summed E-state index contributed by atoms with van der Waals surface area (Å²) >= 11 is 0. The molecule has 0 bridgehead atoms. The lowest BCUT2D eigenvalue weighted by Crippen LogP contribution is -2.45. The Hall–Kier alpha value is -1.66. The van der Waals surface area contributed by atoms with Gasteiger partial charge in [-0.25, -0.2) is 0 Å². The third-order valence-corrected chi connectivity index (χ3v) is 19.5. The van der Waals surface area contributed by atoms with Crippen molar-refractivity contribution in [3.63, 3.8) is 0 Å². The van der Waals surface area contributed by atoms with E-state index < -0.39 is 12.1 Å². The predicted octanol–water partition coefficient (Wildman–Crippen LogP) is 27.2. The maximum absolute atomic E-state index is 12.6. The fraction of sp³-hybridized carbons (Fsp3) is 0.928. The average Bonchev–Trinajstić information content (AvgIpc) is 3.55. The molecule has 0 heterocycles. The molecule has 6 heteroatoms. The van der Waals surface area contributed by atoms with Crippen LogP contribution in [0.4, 0.5) is 0 Å². The highest BCUT2D eigenvalue weighted by molar-refractivity contribution is 5.76. The molecule has 2 unspecified atom stereocenters. The molecule has 0 aromatic heterocycles. The molecular weight excluding hydrogens is 1090 g/mol. The minimum atomic E-state index is -0.662. The predicted molar refractivity (Wildman–Crippen MR) is 393 cm³/mol. The number of aliphatic hydroxyl groups excluding tert-OH is 2. The summed E-state index contributed by atoms with van der Waals surface area (Å²) in [4.78, 5) is 24.6. The Morgan fingerprint density at radius 2 is 0.528 bits per heavy atom. The molecule has 6 nitrogen and oxygen atoms in total. The first-order chi connectivity index (χ1) is 44.0. The summed E-state index contributed by atoms with van der Waals surface area (Å²) in [6, 6.07) is -0.539. The van der Waals surface area contributed by atoms with Crippen LogP contribution in [-0.4, -0.2) is 47.4 Å². The second-order valence-corrected chi connectivity index (χ2v) is 28.5. The molecule has 2 atom stereocenters. The monoisotopic (exact) mass is 1250 g/mol. The zero-order chi connectivity index (χ0) is 64.2. The van der Waals surface area contributed by atoms with Crippen LogP contribution in [0.3, 0.4) is 0 Å². The normalized spacial score (nSPS) is 12.5. The maximum Gasteiger partial charge on any atom is 0.305 e. The number of amides is 1. The first-order valence-electron chi connectivity index (χ1n) is 41.1. The summed E-state index contributed by atoms with van der Waals surface area (Å²) in [6.07, 6.45) is 101. The first-order valence-corrected chi connectivity index (χ1v) is 41.1. The third kappa shape index (κ3) is 75.3. The van der Waals surface area contributed by atoms with Gasteiger partial charge in [-0.05, 0) is 77.0 Å². The van der Waals surface area contributed by atoms with Crippen molar-refractivity contribution in [3.8, 4) is 0 Å². The van der Waals surface area contributed by atoms with Crippen molar-refractivity contribution in [2.75, 3.05) is 13.2 Å². The van der Waals surface area contributed by atoms with E-state index in [2.05, 4.69) is 43.5 Å². The van der Waals surface area contributed by atoms with Gasteiger partial charge in [0, 0.05) is 12.8 Å². The summed E-state index contributed by atoms with van der Waals surface area (Å²) in [7, 11) is 0. The molecule has 0 aromatic rings. The molecule has 0 aliphatic heterocycles. The molecule has 528 valence electrons. The molecule has 0 fully saturated rings. The molecule has 0 aliphatic rings. The molecule has 3 N–H and O–H groups in total.